The van der Waals surface area contributed by atoms with Gasteiger partial charge in [-0.1, -0.05) is 30.3 Å². The van der Waals surface area contributed by atoms with Crippen LogP contribution in [-0.4, -0.2) is 19.5 Å². The van der Waals surface area contributed by atoms with Gasteiger partial charge in [-0.2, -0.15) is 0 Å². The average molecular weight is 249 g/mol. The maximum atomic E-state index is 5.79. The summed E-state index contributed by atoms with van der Waals surface area (Å²) in [5.41, 5.74) is 8.12. The van der Waals surface area contributed by atoms with Crippen LogP contribution in [-0.2, 0) is 6.54 Å². The zero-order chi connectivity index (χ0) is 13.2. The summed E-state index contributed by atoms with van der Waals surface area (Å²) in [7, 11) is 0. The van der Waals surface area contributed by atoms with Crippen LogP contribution < -0.4 is 5.73 Å². The molecule has 0 saturated heterocycles. The van der Waals surface area contributed by atoms with Crippen molar-refractivity contribution in [2.75, 3.05) is 5.73 Å². The lowest BCUT2D eigenvalue weighted by atomic mass is 10.2. The van der Waals surface area contributed by atoms with Crippen LogP contribution in [0.2, 0.25) is 0 Å². The number of terminal acetylenes is 1. The highest BCUT2D eigenvalue weighted by Crippen LogP contribution is 2.18. The van der Waals surface area contributed by atoms with Gasteiger partial charge in [0.15, 0.2) is 22.8 Å². The summed E-state index contributed by atoms with van der Waals surface area (Å²) in [6.45, 7) is 0.604. The second kappa shape index (κ2) is 4.42. The molecule has 3 aromatic rings. The van der Waals surface area contributed by atoms with Crippen molar-refractivity contribution in [3.63, 3.8) is 0 Å². The number of anilines is 1. The number of nitrogens with two attached hydrogens (primary N) is 1. The molecule has 0 spiro atoms. The lowest BCUT2D eigenvalue weighted by Crippen LogP contribution is -2.03. The maximum absolute atomic E-state index is 5.79. The molecular weight excluding hydrogens is 238 g/mol. The van der Waals surface area contributed by atoms with Crippen molar-refractivity contribution in [1.29, 1.82) is 0 Å². The standard InChI is InChI=1S/C14H11N5/c1-2-11-18-12-13(15)16-9-17-14(12)19(11)8-10-6-4-3-5-7-10/h1,3-7,9H,8H2,(H2,15,16,17). The second-order valence-corrected chi connectivity index (χ2v) is 4.08. The van der Waals surface area contributed by atoms with Crippen LogP contribution in [0, 0.1) is 12.3 Å². The monoisotopic (exact) mass is 249 g/mol. The smallest absolute Gasteiger partial charge is 0.187 e. The molecule has 0 unspecified atom stereocenters. The zero-order valence-electron chi connectivity index (χ0n) is 10.1. The van der Waals surface area contributed by atoms with Crippen molar-refractivity contribution in [1.82, 2.24) is 19.5 Å². The van der Waals surface area contributed by atoms with Gasteiger partial charge in [-0.15, -0.1) is 6.42 Å². The van der Waals surface area contributed by atoms with E-state index in [4.69, 9.17) is 12.2 Å². The quantitative estimate of drug-likeness (QED) is 0.698. The molecule has 0 aliphatic rings. The predicted molar refractivity (Wildman–Crippen MR) is 73.2 cm³/mol. The number of aromatic nitrogens is 4. The number of nitrogen functional groups attached to an aromatic ring is 1. The average Bonchev–Trinajstić information content (AvgIpc) is 2.80. The normalized spacial score (nSPS) is 10.5. The van der Waals surface area contributed by atoms with E-state index >= 15 is 0 Å². The minimum Gasteiger partial charge on any atom is -0.382 e. The molecule has 2 aromatic heterocycles. The van der Waals surface area contributed by atoms with Gasteiger partial charge in [0.25, 0.3) is 0 Å². The van der Waals surface area contributed by atoms with Gasteiger partial charge in [-0.3, -0.25) is 4.57 Å². The molecule has 0 saturated carbocycles. The molecule has 3 rings (SSSR count). The third-order valence-electron chi connectivity index (χ3n) is 2.87. The van der Waals surface area contributed by atoms with Crippen molar-refractivity contribution >= 4 is 17.0 Å². The Balaban J connectivity index is 2.17. The molecule has 0 amide bonds. The van der Waals surface area contributed by atoms with Gasteiger partial charge in [0.1, 0.15) is 6.33 Å². The first-order valence-electron chi connectivity index (χ1n) is 5.77. The van der Waals surface area contributed by atoms with Crippen LogP contribution in [0.5, 0.6) is 0 Å². The molecule has 5 heteroatoms. The molecule has 0 bridgehead atoms. The fraction of sp³-hybridized carbons (Fsp3) is 0.0714. The largest absolute Gasteiger partial charge is 0.382 e. The van der Waals surface area contributed by atoms with Gasteiger partial charge in [-0.05, 0) is 11.5 Å². The highest BCUT2D eigenvalue weighted by molar-refractivity contribution is 5.82. The topological polar surface area (TPSA) is 69.6 Å². The van der Waals surface area contributed by atoms with E-state index in [2.05, 4.69) is 20.9 Å². The Labute approximate surface area is 110 Å². The van der Waals surface area contributed by atoms with Crippen molar-refractivity contribution < 1.29 is 0 Å². The van der Waals surface area contributed by atoms with Gasteiger partial charge >= 0.3 is 0 Å². The Morgan fingerprint density at radius 3 is 2.74 bits per heavy atom. The number of rotatable bonds is 2. The van der Waals surface area contributed by atoms with Crippen molar-refractivity contribution in [3.8, 4) is 12.3 Å². The molecule has 0 fully saturated rings. The lowest BCUT2D eigenvalue weighted by Gasteiger charge is -2.05. The highest BCUT2D eigenvalue weighted by atomic mass is 15.1. The summed E-state index contributed by atoms with van der Waals surface area (Å²) in [5, 5.41) is 0. The maximum Gasteiger partial charge on any atom is 0.187 e. The minimum absolute atomic E-state index is 0.341. The molecular formula is C14H11N5. The molecule has 1 aromatic carbocycles. The summed E-state index contributed by atoms with van der Waals surface area (Å²) >= 11 is 0. The summed E-state index contributed by atoms with van der Waals surface area (Å²) < 4.78 is 1.86. The molecule has 0 aliphatic carbocycles. The van der Waals surface area contributed by atoms with Crippen LogP contribution in [0.4, 0.5) is 5.82 Å². The SMILES string of the molecule is C#Cc1nc2c(N)ncnc2n1Cc1ccccc1. The van der Waals surface area contributed by atoms with E-state index in [1.165, 1.54) is 6.33 Å². The highest BCUT2D eigenvalue weighted by Gasteiger charge is 2.13. The van der Waals surface area contributed by atoms with E-state index in [1.54, 1.807) is 0 Å². The number of hydrogen-bond acceptors (Lipinski definition) is 4. The fourth-order valence-corrected chi connectivity index (χ4v) is 1.98. The molecule has 5 nitrogen and oxygen atoms in total. The summed E-state index contributed by atoms with van der Waals surface area (Å²) in [5.74, 6) is 3.41. The Morgan fingerprint density at radius 2 is 2.00 bits per heavy atom. The van der Waals surface area contributed by atoms with Crippen LogP contribution >= 0.6 is 0 Å². The van der Waals surface area contributed by atoms with Gasteiger partial charge in [0, 0.05) is 0 Å². The molecule has 19 heavy (non-hydrogen) atoms. The molecule has 2 N–H and O–H groups in total. The van der Waals surface area contributed by atoms with Crippen molar-refractivity contribution in [2.24, 2.45) is 0 Å². The summed E-state index contributed by atoms with van der Waals surface area (Å²) in [6.07, 6.45) is 6.91. The van der Waals surface area contributed by atoms with Gasteiger partial charge < -0.3 is 5.73 Å². The predicted octanol–water partition coefficient (Wildman–Crippen LogP) is 1.44. The first-order valence-corrected chi connectivity index (χ1v) is 5.77. The molecule has 0 atom stereocenters. The van der Waals surface area contributed by atoms with Crippen molar-refractivity contribution in [3.05, 3.63) is 48.0 Å². The fourth-order valence-electron chi connectivity index (χ4n) is 1.98. The molecule has 0 aliphatic heterocycles. The number of hydrogen-bond donors (Lipinski definition) is 1. The minimum atomic E-state index is 0.341. The van der Waals surface area contributed by atoms with E-state index in [9.17, 15) is 0 Å². The van der Waals surface area contributed by atoms with Crippen LogP contribution in [0.25, 0.3) is 11.2 Å². The van der Waals surface area contributed by atoms with Crippen molar-refractivity contribution in [2.45, 2.75) is 6.54 Å². The van der Waals surface area contributed by atoms with E-state index in [1.807, 2.05) is 34.9 Å². The van der Waals surface area contributed by atoms with E-state index in [-0.39, 0.29) is 0 Å². The molecule has 2 heterocycles. The van der Waals surface area contributed by atoms with Gasteiger partial charge in [-0.25, -0.2) is 15.0 Å². The second-order valence-electron chi connectivity index (χ2n) is 4.08. The van der Waals surface area contributed by atoms with Crippen LogP contribution in [0.3, 0.4) is 0 Å². The van der Waals surface area contributed by atoms with Gasteiger partial charge in [0.2, 0.25) is 0 Å². The van der Waals surface area contributed by atoms with Gasteiger partial charge in [0.05, 0.1) is 6.54 Å². The third-order valence-corrected chi connectivity index (χ3v) is 2.87. The van der Waals surface area contributed by atoms with Crippen LogP contribution in [0.15, 0.2) is 36.7 Å². The number of imidazole rings is 1. The number of nitrogens with zero attached hydrogens (tertiary/aromatic N) is 4. The van der Waals surface area contributed by atoms with E-state index < -0.39 is 0 Å². The molecule has 0 radical (unpaired) electrons. The Morgan fingerprint density at radius 1 is 1.21 bits per heavy atom. The Hall–Kier alpha value is -2.87. The zero-order valence-corrected chi connectivity index (χ0v) is 10.1. The summed E-state index contributed by atoms with van der Waals surface area (Å²) in [4.78, 5) is 12.4. The van der Waals surface area contributed by atoms with Crippen LogP contribution in [0.1, 0.15) is 11.4 Å². The van der Waals surface area contributed by atoms with E-state index in [0.717, 1.165) is 5.56 Å². The Kier molecular flexibility index (Phi) is 2.62. The lowest BCUT2D eigenvalue weighted by molar-refractivity contribution is 0.800. The third kappa shape index (κ3) is 1.89. The number of fused-ring (bicyclic) bond motifs is 1. The molecule has 92 valence electrons. The number of benzene rings is 1. The Bertz CT molecular complexity index is 768. The first-order chi connectivity index (χ1) is 9.29. The van der Waals surface area contributed by atoms with E-state index in [0.29, 0.717) is 29.4 Å². The summed E-state index contributed by atoms with van der Waals surface area (Å²) in [6, 6.07) is 9.98. The first kappa shape index (κ1) is 11.2.